The molecule has 0 fully saturated rings. The Morgan fingerprint density at radius 2 is 1.90 bits per heavy atom. The van der Waals surface area contributed by atoms with Gasteiger partial charge in [-0.05, 0) is 39.3 Å². The Kier molecular flexibility index (Phi) is 6.63. The van der Waals surface area contributed by atoms with E-state index in [1.165, 1.54) is 4.80 Å². The summed E-state index contributed by atoms with van der Waals surface area (Å²) < 4.78 is 5.68. The fraction of sp³-hybridized carbons (Fsp3) is 0.429. The second kappa shape index (κ2) is 9.19. The predicted octanol–water partition coefficient (Wildman–Crippen LogP) is 1.86. The van der Waals surface area contributed by atoms with Gasteiger partial charge in [-0.2, -0.15) is 15.0 Å². The SMILES string of the molecule is Cc1oc(CCN(CCCO)C(=O)c2ccccc2-n2nccn2)nc1C(C)(C)O. The number of hydrogen-bond donors (Lipinski definition) is 2. The summed E-state index contributed by atoms with van der Waals surface area (Å²) in [6, 6.07) is 7.12. The number of para-hydroxylation sites is 1. The van der Waals surface area contributed by atoms with Gasteiger partial charge in [-0.15, -0.1) is 0 Å². The highest BCUT2D eigenvalue weighted by molar-refractivity contribution is 5.97. The topological polar surface area (TPSA) is 118 Å². The second-order valence-corrected chi connectivity index (χ2v) is 7.53. The van der Waals surface area contributed by atoms with Gasteiger partial charge >= 0.3 is 0 Å². The van der Waals surface area contributed by atoms with Gasteiger partial charge in [0.25, 0.3) is 5.91 Å². The summed E-state index contributed by atoms with van der Waals surface area (Å²) in [6.45, 7) is 5.77. The van der Waals surface area contributed by atoms with Crippen LogP contribution in [0, 0.1) is 6.92 Å². The van der Waals surface area contributed by atoms with Gasteiger partial charge in [0.05, 0.1) is 23.6 Å². The first kappa shape index (κ1) is 21.7. The molecule has 0 unspecified atom stereocenters. The molecule has 2 heterocycles. The van der Waals surface area contributed by atoms with Gasteiger partial charge in [-0.1, -0.05) is 12.1 Å². The van der Waals surface area contributed by atoms with Gasteiger partial charge in [-0.25, -0.2) is 4.98 Å². The van der Waals surface area contributed by atoms with Crippen LogP contribution in [0.5, 0.6) is 0 Å². The maximum atomic E-state index is 13.3. The number of aromatic nitrogens is 4. The molecule has 0 saturated heterocycles. The van der Waals surface area contributed by atoms with Crippen LogP contribution in [0.15, 0.2) is 41.1 Å². The van der Waals surface area contributed by atoms with Gasteiger partial charge in [0.1, 0.15) is 17.1 Å². The van der Waals surface area contributed by atoms with Crippen molar-refractivity contribution >= 4 is 5.91 Å². The average molecular weight is 413 g/mol. The molecule has 3 aromatic rings. The highest BCUT2D eigenvalue weighted by Gasteiger charge is 2.25. The van der Waals surface area contributed by atoms with Crippen molar-refractivity contribution < 1.29 is 19.4 Å². The number of carbonyl (C=O) groups excluding carboxylic acids is 1. The Labute approximate surface area is 175 Å². The van der Waals surface area contributed by atoms with E-state index in [1.54, 1.807) is 56.3 Å². The summed E-state index contributed by atoms with van der Waals surface area (Å²) in [5, 5.41) is 27.7. The molecule has 9 nitrogen and oxygen atoms in total. The third kappa shape index (κ3) is 4.92. The van der Waals surface area contributed by atoms with Gasteiger partial charge in [0.2, 0.25) is 0 Å². The third-order valence-corrected chi connectivity index (χ3v) is 4.66. The van der Waals surface area contributed by atoms with Crippen LogP contribution in [0.2, 0.25) is 0 Å². The number of nitrogens with zero attached hydrogens (tertiary/aromatic N) is 5. The van der Waals surface area contributed by atoms with Gasteiger partial charge in [0, 0.05) is 26.1 Å². The van der Waals surface area contributed by atoms with Crippen molar-refractivity contribution in [1.29, 1.82) is 0 Å². The molecular formula is C21H27N5O4. The summed E-state index contributed by atoms with van der Waals surface area (Å²) in [5.41, 5.74) is 0.430. The Morgan fingerprint density at radius 3 is 2.53 bits per heavy atom. The summed E-state index contributed by atoms with van der Waals surface area (Å²) >= 11 is 0. The van der Waals surface area contributed by atoms with E-state index in [0.29, 0.717) is 54.5 Å². The standard InChI is InChI=1S/C21H27N5O4/c1-15-19(21(2,3)29)24-18(30-15)9-13-25(12-6-14-27)20(28)16-7-4-5-8-17(16)26-22-10-11-23-26/h4-5,7-8,10-11,27,29H,6,9,12-14H2,1-3H3. The fourth-order valence-electron chi connectivity index (χ4n) is 3.27. The number of aryl methyl sites for hydroxylation is 1. The van der Waals surface area contributed by atoms with E-state index in [-0.39, 0.29) is 12.5 Å². The maximum Gasteiger partial charge on any atom is 0.256 e. The molecule has 0 spiro atoms. The molecule has 1 aromatic carbocycles. The lowest BCUT2D eigenvalue weighted by Gasteiger charge is -2.23. The number of benzene rings is 1. The Hall–Kier alpha value is -3.04. The smallest absolute Gasteiger partial charge is 0.256 e. The minimum atomic E-state index is -1.10. The lowest BCUT2D eigenvalue weighted by atomic mass is 10.0. The van der Waals surface area contributed by atoms with E-state index in [1.807, 2.05) is 6.07 Å². The minimum absolute atomic E-state index is 0.0207. The summed E-state index contributed by atoms with van der Waals surface area (Å²) in [5.74, 6) is 0.816. The summed E-state index contributed by atoms with van der Waals surface area (Å²) in [4.78, 5) is 20.8. The average Bonchev–Trinajstić information content (AvgIpc) is 3.37. The molecule has 2 aromatic heterocycles. The number of aliphatic hydroxyl groups excluding tert-OH is 1. The quantitative estimate of drug-likeness (QED) is 0.550. The molecule has 0 radical (unpaired) electrons. The molecule has 0 bridgehead atoms. The van der Waals surface area contributed by atoms with E-state index >= 15 is 0 Å². The van der Waals surface area contributed by atoms with Crippen molar-refractivity contribution in [3.8, 4) is 5.69 Å². The van der Waals surface area contributed by atoms with Crippen molar-refractivity contribution in [2.75, 3.05) is 19.7 Å². The molecular weight excluding hydrogens is 386 g/mol. The van der Waals surface area contributed by atoms with E-state index < -0.39 is 5.60 Å². The van der Waals surface area contributed by atoms with Crippen LogP contribution >= 0.6 is 0 Å². The molecule has 0 aliphatic carbocycles. The molecule has 0 atom stereocenters. The van der Waals surface area contributed by atoms with Crippen LogP contribution in [-0.2, 0) is 12.0 Å². The van der Waals surface area contributed by atoms with Gasteiger partial charge in [0.15, 0.2) is 5.89 Å². The van der Waals surface area contributed by atoms with Crippen LogP contribution in [0.1, 0.15) is 48.0 Å². The number of carbonyl (C=O) groups is 1. The van der Waals surface area contributed by atoms with Crippen molar-refractivity contribution in [3.63, 3.8) is 0 Å². The van der Waals surface area contributed by atoms with E-state index in [0.717, 1.165) is 0 Å². The fourth-order valence-corrected chi connectivity index (χ4v) is 3.27. The summed E-state index contributed by atoms with van der Waals surface area (Å²) in [7, 11) is 0. The van der Waals surface area contributed by atoms with Crippen LogP contribution in [0.4, 0.5) is 0 Å². The highest BCUT2D eigenvalue weighted by atomic mass is 16.4. The van der Waals surface area contributed by atoms with Crippen LogP contribution < -0.4 is 0 Å². The van der Waals surface area contributed by atoms with E-state index in [9.17, 15) is 15.0 Å². The van der Waals surface area contributed by atoms with Gasteiger partial charge in [-0.3, -0.25) is 4.79 Å². The first-order valence-corrected chi connectivity index (χ1v) is 9.86. The Balaban J connectivity index is 1.81. The Bertz CT molecular complexity index is 976. The van der Waals surface area contributed by atoms with E-state index in [4.69, 9.17) is 4.42 Å². The minimum Gasteiger partial charge on any atom is -0.446 e. The maximum absolute atomic E-state index is 13.3. The molecule has 9 heteroatoms. The normalized spacial score (nSPS) is 11.6. The number of hydrogen-bond acceptors (Lipinski definition) is 7. The van der Waals surface area contributed by atoms with Crippen molar-refractivity contribution in [3.05, 3.63) is 59.6 Å². The summed E-state index contributed by atoms with van der Waals surface area (Å²) in [6.07, 6.45) is 3.94. The molecule has 0 aliphatic rings. The molecule has 0 saturated carbocycles. The van der Waals surface area contributed by atoms with Crippen molar-refractivity contribution in [1.82, 2.24) is 24.9 Å². The predicted molar refractivity (Wildman–Crippen MR) is 109 cm³/mol. The third-order valence-electron chi connectivity index (χ3n) is 4.66. The molecule has 0 aliphatic heterocycles. The number of rotatable bonds is 9. The molecule has 1 amide bonds. The van der Waals surface area contributed by atoms with E-state index in [2.05, 4.69) is 15.2 Å². The number of oxazole rings is 1. The Morgan fingerprint density at radius 1 is 1.20 bits per heavy atom. The zero-order chi connectivity index (χ0) is 21.7. The van der Waals surface area contributed by atoms with Crippen LogP contribution in [0.25, 0.3) is 5.69 Å². The molecule has 30 heavy (non-hydrogen) atoms. The molecule has 2 N–H and O–H groups in total. The highest BCUT2D eigenvalue weighted by Crippen LogP contribution is 2.23. The molecule has 3 rings (SSSR count). The number of amides is 1. The number of aliphatic hydroxyl groups is 2. The lowest BCUT2D eigenvalue weighted by molar-refractivity contribution is 0.0722. The lowest BCUT2D eigenvalue weighted by Crippen LogP contribution is -2.35. The van der Waals surface area contributed by atoms with Gasteiger partial charge < -0.3 is 19.5 Å². The first-order valence-electron chi connectivity index (χ1n) is 9.86. The van der Waals surface area contributed by atoms with Crippen molar-refractivity contribution in [2.45, 2.75) is 39.2 Å². The largest absolute Gasteiger partial charge is 0.446 e. The first-order chi connectivity index (χ1) is 14.3. The van der Waals surface area contributed by atoms with Crippen LogP contribution in [-0.4, -0.2) is 60.7 Å². The van der Waals surface area contributed by atoms with Crippen LogP contribution in [0.3, 0.4) is 0 Å². The monoisotopic (exact) mass is 413 g/mol. The van der Waals surface area contributed by atoms with Crippen molar-refractivity contribution in [2.24, 2.45) is 0 Å². The zero-order valence-electron chi connectivity index (χ0n) is 17.4. The second-order valence-electron chi connectivity index (χ2n) is 7.53. The zero-order valence-corrected chi connectivity index (χ0v) is 17.4. The molecule has 160 valence electrons.